The molecule has 0 spiro atoms. The van der Waals surface area contributed by atoms with Gasteiger partial charge in [0.15, 0.2) is 0 Å². The molecule has 3 unspecified atom stereocenters. The van der Waals surface area contributed by atoms with Crippen LogP contribution in [0.4, 0.5) is 0 Å². The summed E-state index contributed by atoms with van der Waals surface area (Å²) in [5.41, 5.74) is 0. The van der Waals surface area contributed by atoms with Crippen LogP contribution in [-0.2, 0) is 0 Å². The van der Waals surface area contributed by atoms with Crippen molar-refractivity contribution in [3.8, 4) is 0 Å². The highest BCUT2D eigenvalue weighted by molar-refractivity contribution is 5.05. The van der Waals surface area contributed by atoms with Crippen LogP contribution < -0.4 is 0 Å². The maximum absolute atomic E-state index is 8.67. The Bertz CT molecular complexity index is 87.9. The van der Waals surface area contributed by atoms with Crippen LogP contribution in [0.15, 0.2) is 0 Å². The standard InChI is InChI=1S/C6H11NO/c8-4-6-5-2-1-3-7(5)6/h5-6,8H,1-4H2. The third-order valence-corrected chi connectivity index (χ3v) is 2.31. The SMILES string of the molecule is OCC1C2CCCN12. The molecule has 2 fully saturated rings. The molecular formula is C6H11NO. The third kappa shape index (κ3) is 0.446. The summed E-state index contributed by atoms with van der Waals surface area (Å²) in [4.78, 5) is 2.38. The maximum atomic E-state index is 8.67. The number of piperidine rings is 1. The number of hydrogen-bond acceptors (Lipinski definition) is 2. The lowest BCUT2D eigenvalue weighted by Crippen LogP contribution is -2.06. The summed E-state index contributed by atoms with van der Waals surface area (Å²) in [7, 11) is 0. The fourth-order valence-electron chi connectivity index (χ4n) is 1.79. The minimum atomic E-state index is 0.380. The number of nitrogens with zero attached hydrogens (tertiary/aromatic N) is 1. The predicted molar refractivity (Wildman–Crippen MR) is 30.6 cm³/mol. The Morgan fingerprint density at radius 3 is 2.88 bits per heavy atom. The Kier molecular flexibility index (Phi) is 0.866. The smallest absolute Gasteiger partial charge is 0.0602 e. The Morgan fingerprint density at radius 1 is 1.62 bits per heavy atom. The molecule has 2 nitrogen and oxygen atoms in total. The van der Waals surface area contributed by atoms with Crippen LogP contribution in [0.3, 0.4) is 0 Å². The van der Waals surface area contributed by atoms with Crippen molar-refractivity contribution < 1.29 is 5.11 Å². The van der Waals surface area contributed by atoms with Crippen molar-refractivity contribution in [2.24, 2.45) is 0 Å². The van der Waals surface area contributed by atoms with Gasteiger partial charge in [0.25, 0.3) is 0 Å². The van der Waals surface area contributed by atoms with Gasteiger partial charge in [0.2, 0.25) is 0 Å². The van der Waals surface area contributed by atoms with Crippen LogP contribution in [0.25, 0.3) is 0 Å². The van der Waals surface area contributed by atoms with Gasteiger partial charge in [0, 0.05) is 12.1 Å². The highest BCUT2D eigenvalue weighted by atomic mass is 16.3. The Balaban J connectivity index is 1.94. The first-order valence-electron chi connectivity index (χ1n) is 3.30. The van der Waals surface area contributed by atoms with Gasteiger partial charge in [-0.2, -0.15) is 0 Å². The summed E-state index contributed by atoms with van der Waals surface area (Å²) in [5.74, 6) is 0. The molecule has 0 saturated carbocycles. The molecule has 2 aliphatic heterocycles. The van der Waals surface area contributed by atoms with Crippen molar-refractivity contribution in [3.63, 3.8) is 0 Å². The predicted octanol–water partition coefficient (Wildman–Crippen LogP) is -0.175. The summed E-state index contributed by atoms with van der Waals surface area (Å²) in [5, 5.41) is 8.67. The zero-order valence-electron chi connectivity index (χ0n) is 4.88. The average molecular weight is 113 g/mol. The Morgan fingerprint density at radius 2 is 2.50 bits per heavy atom. The molecule has 2 heterocycles. The summed E-state index contributed by atoms with van der Waals surface area (Å²) >= 11 is 0. The van der Waals surface area contributed by atoms with Gasteiger partial charge in [-0.3, -0.25) is 4.90 Å². The van der Waals surface area contributed by atoms with Crippen molar-refractivity contribution in [1.82, 2.24) is 4.90 Å². The fraction of sp³-hybridized carbons (Fsp3) is 1.00. The van der Waals surface area contributed by atoms with E-state index in [-0.39, 0.29) is 0 Å². The van der Waals surface area contributed by atoms with E-state index in [0.717, 1.165) is 6.04 Å². The first kappa shape index (κ1) is 4.77. The van der Waals surface area contributed by atoms with Crippen LogP contribution in [0.1, 0.15) is 12.8 Å². The van der Waals surface area contributed by atoms with Crippen LogP contribution in [-0.4, -0.2) is 35.2 Å². The van der Waals surface area contributed by atoms with Crippen molar-refractivity contribution in [1.29, 1.82) is 0 Å². The zero-order chi connectivity index (χ0) is 5.56. The molecule has 1 N–H and O–H groups in total. The Labute approximate surface area is 49.1 Å². The molecule has 2 aliphatic rings. The van der Waals surface area contributed by atoms with Gasteiger partial charge in [-0.15, -0.1) is 0 Å². The van der Waals surface area contributed by atoms with Crippen molar-refractivity contribution in [2.75, 3.05) is 13.2 Å². The van der Waals surface area contributed by atoms with E-state index >= 15 is 0 Å². The van der Waals surface area contributed by atoms with Gasteiger partial charge in [-0.1, -0.05) is 0 Å². The number of rotatable bonds is 1. The van der Waals surface area contributed by atoms with E-state index < -0.39 is 0 Å². The average Bonchev–Trinajstić information content (AvgIpc) is 2.22. The van der Waals surface area contributed by atoms with E-state index in [2.05, 4.69) is 4.90 Å². The topological polar surface area (TPSA) is 23.2 Å². The van der Waals surface area contributed by atoms with Gasteiger partial charge in [0.1, 0.15) is 0 Å². The van der Waals surface area contributed by atoms with E-state index in [1.54, 1.807) is 0 Å². The molecule has 0 radical (unpaired) electrons. The molecule has 2 rings (SSSR count). The Hall–Kier alpha value is -0.0800. The second-order valence-corrected chi connectivity index (χ2v) is 2.70. The lowest BCUT2D eigenvalue weighted by Gasteiger charge is -1.94. The minimum absolute atomic E-state index is 0.380. The first-order chi connectivity index (χ1) is 3.93. The maximum Gasteiger partial charge on any atom is 0.0602 e. The van der Waals surface area contributed by atoms with Crippen LogP contribution in [0.2, 0.25) is 0 Å². The molecular weight excluding hydrogens is 102 g/mol. The summed E-state index contributed by atoms with van der Waals surface area (Å²) in [6, 6.07) is 1.34. The zero-order valence-corrected chi connectivity index (χ0v) is 4.88. The van der Waals surface area contributed by atoms with Gasteiger partial charge >= 0.3 is 0 Å². The normalized spacial score (nSPS) is 51.4. The molecule has 0 aromatic heterocycles. The third-order valence-electron chi connectivity index (χ3n) is 2.31. The molecule has 46 valence electrons. The van der Waals surface area contributed by atoms with Gasteiger partial charge in [-0.05, 0) is 19.4 Å². The summed E-state index contributed by atoms with van der Waals surface area (Å²) in [6.45, 7) is 1.61. The molecule has 0 aromatic rings. The van der Waals surface area contributed by atoms with Crippen molar-refractivity contribution in [2.45, 2.75) is 24.9 Å². The van der Waals surface area contributed by atoms with Gasteiger partial charge in [-0.25, -0.2) is 0 Å². The van der Waals surface area contributed by atoms with E-state index in [0.29, 0.717) is 12.6 Å². The quantitative estimate of drug-likeness (QED) is 0.477. The molecule has 3 atom stereocenters. The van der Waals surface area contributed by atoms with Gasteiger partial charge in [0.05, 0.1) is 6.61 Å². The summed E-state index contributed by atoms with van der Waals surface area (Å²) < 4.78 is 0. The lowest BCUT2D eigenvalue weighted by molar-refractivity contribution is 0.271. The second-order valence-electron chi connectivity index (χ2n) is 2.70. The molecule has 2 saturated heterocycles. The monoisotopic (exact) mass is 113 g/mol. The molecule has 0 aromatic carbocycles. The first-order valence-corrected chi connectivity index (χ1v) is 3.30. The molecule has 0 amide bonds. The van der Waals surface area contributed by atoms with E-state index in [4.69, 9.17) is 5.11 Å². The van der Waals surface area contributed by atoms with Crippen molar-refractivity contribution in [3.05, 3.63) is 0 Å². The number of aliphatic hydroxyl groups is 1. The van der Waals surface area contributed by atoms with Crippen LogP contribution in [0.5, 0.6) is 0 Å². The number of fused-ring (bicyclic) bond motifs is 1. The van der Waals surface area contributed by atoms with Crippen LogP contribution in [0, 0.1) is 0 Å². The lowest BCUT2D eigenvalue weighted by atomic mass is 10.2. The van der Waals surface area contributed by atoms with Gasteiger partial charge < -0.3 is 5.11 Å². The number of aliphatic hydroxyl groups excluding tert-OH is 1. The fourth-order valence-corrected chi connectivity index (χ4v) is 1.79. The van der Waals surface area contributed by atoms with E-state index in [9.17, 15) is 0 Å². The molecule has 8 heavy (non-hydrogen) atoms. The molecule has 2 heteroatoms. The minimum Gasteiger partial charge on any atom is -0.395 e. The molecule has 0 aliphatic carbocycles. The van der Waals surface area contributed by atoms with Crippen LogP contribution >= 0.6 is 0 Å². The highest BCUT2D eigenvalue weighted by Crippen LogP contribution is 2.37. The van der Waals surface area contributed by atoms with Crippen molar-refractivity contribution >= 4 is 0 Å². The largest absolute Gasteiger partial charge is 0.395 e. The second kappa shape index (κ2) is 1.45. The summed E-state index contributed by atoms with van der Waals surface area (Å²) in [6.07, 6.45) is 2.67. The molecule has 0 bridgehead atoms. The van der Waals surface area contributed by atoms with E-state index in [1.807, 2.05) is 0 Å². The van der Waals surface area contributed by atoms with E-state index in [1.165, 1.54) is 19.4 Å². The number of hydrogen-bond donors (Lipinski definition) is 1. The highest BCUT2D eigenvalue weighted by Gasteiger charge is 2.49.